The van der Waals surface area contributed by atoms with E-state index < -0.39 is 0 Å². The average molecular weight is 395 g/mol. The Hall–Kier alpha value is -1.78. The average Bonchev–Trinajstić information content (AvgIpc) is 2.52. The van der Waals surface area contributed by atoms with Crippen molar-refractivity contribution in [3.63, 3.8) is 0 Å². The van der Waals surface area contributed by atoms with Crippen molar-refractivity contribution in [2.45, 2.75) is 13.8 Å². The molecule has 3 nitrogen and oxygen atoms in total. The number of anilines is 1. The van der Waals surface area contributed by atoms with Gasteiger partial charge < -0.3 is 10.1 Å². The Morgan fingerprint density at radius 3 is 2.87 bits per heavy atom. The van der Waals surface area contributed by atoms with Gasteiger partial charge in [-0.25, -0.2) is 0 Å². The van der Waals surface area contributed by atoms with Crippen LogP contribution in [-0.4, -0.2) is 12.5 Å². The van der Waals surface area contributed by atoms with E-state index in [1.807, 2.05) is 38.1 Å². The summed E-state index contributed by atoms with van der Waals surface area (Å²) in [6.07, 6.45) is 3.20. The van der Waals surface area contributed by atoms with Gasteiger partial charge in [0.2, 0.25) is 5.91 Å². The quantitative estimate of drug-likeness (QED) is 0.684. The van der Waals surface area contributed by atoms with Crippen molar-refractivity contribution in [3.8, 4) is 5.75 Å². The number of ether oxygens (including phenoxy) is 1. The van der Waals surface area contributed by atoms with Crippen molar-refractivity contribution in [2.24, 2.45) is 0 Å². The van der Waals surface area contributed by atoms with Crippen molar-refractivity contribution in [3.05, 3.63) is 63.1 Å². The van der Waals surface area contributed by atoms with Crippen molar-refractivity contribution in [1.82, 2.24) is 0 Å². The fourth-order valence-corrected chi connectivity index (χ4v) is 2.57. The fourth-order valence-electron chi connectivity index (χ4n) is 2.02. The number of halogens is 2. The number of nitrogens with one attached hydrogen (secondary N) is 1. The minimum absolute atomic E-state index is 0.224. The van der Waals surface area contributed by atoms with Gasteiger partial charge in [0.15, 0.2) is 0 Å². The Kier molecular flexibility index (Phi) is 6.25. The SMILES string of the molecule is CCOc1ccc(Br)cc1/C=C/C(=O)Nc1cccc(Cl)c1C. The van der Waals surface area contributed by atoms with Crippen LogP contribution in [0.5, 0.6) is 5.75 Å². The molecule has 120 valence electrons. The number of rotatable bonds is 5. The molecule has 0 atom stereocenters. The second-order valence-electron chi connectivity index (χ2n) is 4.85. The minimum atomic E-state index is -0.224. The highest BCUT2D eigenvalue weighted by Gasteiger charge is 2.05. The van der Waals surface area contributed by atoms with Crippen LogP contribution in [0.15, 0.2) is 46.9 Å². The summed E-state index contributed by atoms with van der Waals surface area (Å²) in [6, 6.07) is 11.1. The smallest absolute Gasteiger partial charge is 0.248 e. The molecule has 0 aliphatic heterocycles. The molecular weight excluding hydrogens is 378 g/mol. The molecule has 0 aliphatic carbocycles. The third-order valence-electron chi connectivity index (χ3n) is 3.21. The first-order chi connectivity index (χ1) is 11.0. The molecular formula is C18H17BrClNO2. The van der Waals surface area contributed by atoms with Crippen LogP contribution in [0.2, 0.25) is 5.02 Å². The molecule has 0 aliphatic rings. The zero-order chi connectivity index (χ0) is 16.8. The van der Waals surface area contributed by atoms with Gasteiger partial charge in [-0.05, 0) is 55.8 Å². The summed E-state index contributed by atoms with van der Waals surface area (Å²) in [4.78, 5) is 12.1. The van der Waals surface area contributed by atoms with E-state index in [0.717, 1.165) is 21.3 Å². The number of carbonyl (C=O) groups is 1. The van der Waals surface area contributed by atoms with Crippen LogP contribution in [-0.2, 0) is 4.79 Å². The Labute approximate surface area is 149 Å². The summed E-state index contributed by atoms with van der Waals surface area (Å²) in [7, 11) is 0. The molecule has 0 unspecified atom stereocenters. The van der Waals surface area contributed by atoms with Gasteiger partial charge in [0.05, 0.1) is 6.61 Å². The predicted molar refractivity (Wildman–Crippen MR) is 99.2 cm³/mol. The summed E-state index contributed by atoms with van der Waals surface area (Å²) in [6.45, 7) is 4.35. The molecule has 0 fully saturated rings. The number of carbonyl (C=O) groups excluding carboxylic acids is 1. The van der Waals surface area contributed by atoms with E-state index in [1.54, 1.807) is 18.2 Å². The molecule has 0 radical (unpaired) electrons. The van der Waals surface area contributed by atoms with Crippen LogP contribution in [0.4, 0.5) is 5.69 Å². The van der Waals surface area contributed by atoms with Crippen LogP contribution in [0.3, 0.4) is 0 Å². The van der Waals surface area contributed by atoms with Crippen LogP contribution in [0, 0.1) is 6.92 Å². The molecule has 1 N–H and O–H groups in total. The first kappa shape index (κ1) is 17.6. The molecule has 23 heavy (non-hydrogen) atoms. The molecule has 0 aromatic heterocycles. The fraction of sp³-hybridized carbons (Fsp3) is 0.167. The number of amides is 1. The third-order valence-corrected chi connectivity index (χ3v) is 4.11. The van der Waals surface area contributed by atoms with Crippen LogP contribution in [0.25, 0.3) is 6.08 Å². The lowest BCUT2D eigenvalue weighted by Gasteiger charge is -2.09. The van der Waals surface area contributed by atoms with Crippen LogP contribution >= 0.6 is 27.5 Å². The van der Waals surface area contributed by atoms with Gasteiger partial charge in [0.1, 0.15) is 5.75 Å². The van der Waals surface area contributed by atoms with Gasteiger partial charge in [0, 0.05) is 26.8 Å². The Balaban J connectivity index is 2.15. The van der Waals surface area contributed by atoms with E-state index in [0.29, 0.717) is 17.3 Å². The van der Waals surface area contributed by atoms with Crippen molar-refractivity contribution >= 4 is 45.2 Å². The minimum Gasteiger partial charge on any atom is -0.493 e. The molecule has 2 aromatic rings. The highest BCUT2D eigenvalue weighted by molar-refractivity contribution is 9.10. The lowest BCUT2D eigenvalue weighted by atomic mass is 10.1. The number of hydrogen-bond acceptors (Lipinski definition) is 2. The topological polar surface area (TPSA) is 38.3 Å². The maximum absolute atomic E-state index is 12.1. The molecule has 2 aromatic carbocycles. The third kappa shape index (κ3) is 4.85. The molecule has 0 saturated heterocycles. The molecule has 0 saturated carbocycles. The van der Waals surface area contributed by atoms with Gasteiger partial charge in [-0.2, -0.15) is 0 Å². The summed E-state index contributed by atoms with van der Waals surface area (Å²) in [5.74, 6) is 0.511. The summed E-state index contributed by atoms with van der Waals surface area (Å²) in [5, 5.41) is 3.45. The predicted octanol–water partition coefficient (Wildman–Crippen LogP) is 5.46. The van der Waals surface area contributed by atoms with Gasteiger partial charge >= 0.3 is 0 Å². The van der Waals surface area contributed by atoms with Crippen LogP contribution < -0.4 is 10.1 Å². The van der Waals surface area contributed by atoms with Crippen molar-refractivity contribution < 1.29 is 9.53 Å². The number of benzene rings is 2. The standard InChI is InChI=1S/C18H17BrClNO2/c1-3-23-17-9-8-14(19)11-13(17)7-10-18(22)21-16-6-4-5-15(20)12(16)2/h4-11H,3H2,1-2H3,(H,21,22)/b10-7+. The molecule has 0 bridgehead atoms. The van der Waals surface area contributed by atoms with E-state index in [4.69, 9.17) is 16.3 Å². The Morgan fingerprint density at radius 2 is 2.13 bits per heavy atom. The van der Waals surface area contributed by atoms with Gasteiger partial charge in [-0.1, -0.05) is 33.6 Å². The summed E-state index contributed by atoms with van der Waals surface area (Å²) < 4.78 is 6.48. The van der Waals surface area contributed by atoms with Gasteiger partial charge in [0.25, 0.3) is 0 Å². The Morgan fingerprint density at radius 1 is 1.35 bits per heavy atom. The highest BCUT2D eigenvalue weighted by Crippen LogP contribution is 2.25. The molecule has 0 heterocycles. The second kappa shape index (κ2) is 8.18. The maximum atomic E-state index is 12.1. The van der Waals surface area contributed by atoms with E-state index in [2.05, 4.69) is 21.2 Å². The lowest BCUT2D eigenvalue weighted by molar-refractivity contribution is -0.111. The van der Waals surface area contributed by atoms with Crippen LogP contribution in [0.1, 0.15) is 18.1 Å². The summed E-state index contributed by atoms with van der Waals surface area (Å²) in [5.41, 5.74) is 2.37. The molecule has 5 heteroatoms. The molecule has 1 amide bonds. The van der Waals surface area contributed by atoms with Gasteiger partial charge in [-0.3, -0.25) is 4.79 Å². The first-order valence-electron chi connectivity index (χ1n) is 7.17. The first-order valence-corrected chi connectivity index (χ1v) is 8.35. The van der Waals surface area contributed by atoms with E-state index >= 15 is 0 Å². The van der Waals surface area contributed by atoms with Gasteiger partial charge in [-0.15, -0.1) is 0 Å². The summed E-state index contributed by atoms with van der Waals surface area (Å²) >= 11 is 9.47. The highest BCUT2D eigenvalue weighted by atomic mass is 79.9. The second-order valence-corrected chi connectivity index (χ2v) is 6.17. The molecule has 0 spiro atoms. The monoisotopic (exact) mass is 393 g/mol. The maximum Gasteiger partial charge on any atom is 0.248 e. The normalized spacial score (nSPS) is 10.8. The molecule has 2 rings (SSSR count). The van der Waals surface area contributed by atoms with Crippen molar-refractivity contribution in [2.75, 3.05) is 11.9 Å². The zero-order valence-electron chi connectivity index (χ0n) is 12.9. The number of hydrogen-bond donors (Lipinski definition) is 1. The van der Waals surface area contributed by atoms with E-state index in [-0.39, 0.29) is 5.91 Å². The van der Waals surface area contributed by atoms with E-state index in [1.165, 1.54) is 6.08 Å². The van der Waals surface area contributed by atoms with Crippen molar-refractivity contribution in [1.29, 1.82) is 0 Å². The largest absolute Gasteiger partial charge is 0.493 e. The lowest BCUT2D eigenvalue weighted by Crippen LogP contribution is -2.09. The zero-order valence-corrected chi connectivity index (χ0v) is 15.2. The Bertz CT molecular complexity index is 744. The van der Waals surface area contributed by atoms with E-state index in [9.17, 15) is 4.79 Å².